The molecule has 0 atom stereocenters. The molecule has 2 N–H and O–H groups in total. The smallest absolute Gasteiger partial charge is 0.127 e. The molecule has 22 heavy (non-hydrogen) atoms. The minimum absolute atomic E-state index is 0.305. The van der Waals surface area contributed by atoms with Crippen LogP contribution in [0.5, 0.6) is 17.2 Å². The molecule has 0 saturated heterocycles. The van der Waals surface area contributed by atoms with Gasteiger partial charge in [-0.05, 0) is 42.5 Å². The molecule has 0 amide bonds. The van der Waals surface area contributed by atoms with Crippen LogP contribution in [-0.2, 0) is 6.54 Å². The van der Waals surface area contributed by atoms with Crippen molar-refractivity contribution in [2.24, 2.45) is 0 Å². The van der Waals surface area contributed by atoms with Crippen molar-refractivity contribution in [2.75, 3.05) is 5.32 Å². The van der Waals surface area contributed by atoms with Gasteiger partial charge in [-0.25, -0.2) is 0 Å². The summed E-state index contributed by atoms with van der Waals surface area (Å²) in [4.78, 5) is 0. The van der Waals surface area contributed by atoms with E-state index in [1.54, 1.807) is 6.07 Å². The number of aromatic hydroxyl groups is 1. The molecule has 0 spiro atoms. The van der Waals surface area contributed by atoms with Crippen molar-refractivity contribution in [3.63, 3.8) is 0 Å². The van der Waals surface area contributed by atoms with E-state index in [0.29, 0.717) is 12.3 Å². The van der Waals surface area contributed by atoms with Gasteiger partial charge in [-0.3, -0.25) is 0 Å². The number of rotatable bonds is 5. The Balaban J connectivity index is 1.61. The molecule has 0 aliphatic rings. The number of phenols is 1. The van der Waals surface area contributed by atoms with E-state index in [1.807, 2.05) is 72.8 Å². The van der Waals surface area contributed by atoms with Gasteiger partial charge in [-0.15, -0.1) is 0 Å². The predicted molar refractivity (Wildman–Crippen MR) is 88.4 cm³/mol. The maximum absolute atomic E-state index is 9.74. The quantitative estimate of drug-likeness (QED) is 0.709. The van der Waals surface area contributed by atoms with Gasteiger partial charge in [0.1, 0.15) is 17.2 Å². The second-order valence-electron chi connectivity index (χ2n) is 4.92. The Kier molecular flexibility index (Phi) is 4.25. The molecule has 0 aliphatic carbocycles. The van der Waals surface area contributed by atoms with Gasteiger partial charge < -0.3 is 15.2 Å². The van der Waals surface area contributed by atoms with Crippen LogP contribution in [0.2, 0.25) is 0 Å². The van der Waals surface area contributed by atoms with E-state index < -0.39 is 0 Å². The molecule has 0 aliphatic heterocycles. The summed E-state index contributed by atoms with van der Waals surface area (Å²) in [6.07, 6.45) is 0. The normalized spacial score (nSPS) is 10.2. The number of anilines is 1. The summed E-state index contributed by atoms with van der Waals surface area (Å²) in [5, 5.41) is 13.0. The molecule has 3 heteroatoms. The van der Waals surface area contributed by atoms with Gasteiger partial charge in [0.25, 0.3) is 0 Å². The summed E-state index contributed by atoms with van der Waals surface area (Å²) in [6.45, 7) is 0.575. The fourth-order valence-corrected chi connectivity index (χ4v) is 2.12. The standard InChI is InChI=1S/C19H17NO2/c21-19-9-5-4-6-15(19)14-20-16-10-12-18(13-11-16)22-17-7-2-1-3-8-17/h1-13,20-21H,14H2. The van der Waals surface area contributed by atoms with Crippen LogP contribution in [0.4, 0.5) is 5.69 Å². The van der Waals surface area contributed by atoms with E-state index in [1.165, 1.54) is 0 Å². The number of nitrogens with one attached hydrogen (secondary N) is 1. The van der Waals surface area contributed by atoms with Gasteiger partial charge in [0.2, 0.25) is 0 Å². The van der Waals surface area contributed by atoms with Crippen molar-refractivity contribution in [1.82, 2.24) is 0 Å². The fourth-order valence-electron chi connectivity index (χ4n) is 2.12. The van der Waals surface area contributed by atoms with Crippen LogP contribution in [0.1, 0.15) is 5.56 Å². The van der Waals surface area contributed by atoms with Crippen LogP contribution in [0, 0.1) is 0 Å². The van der Waals surface area contributed by atoms with Gasteiger partial charge in [0.15, 0.2) is 0 Å². The minimum Gasteiger partial charge on any atom is -0.508 e. The Morgan fingerprint density at radius 3 is 2.09 bits per heavy atom. The van der Waals surface area contributed by atoms with E-state index in [2.05, 4.69) is 5.32 Å². The molecule has 0 unspecified atom stereocenters. The molecule has 0 aromatic heterocycles. The Bertz CT molecular complexity index is 724. The SMILES string of the molecule is Oc1ccccc1CNc1ccc(Oc2ccccc2)cc1. The molecule has 3 aromatic rings. The highest BCUT2D eigenvalue weighted by Gasteiger charge is 2.00. The summed E-state index contributed by atoms with van der Waals surface area (Å²) >= 11 is 0. The Morgan fingerprint density at radius 1 is 0.727 bits per heavy atom. The highest BCUT2D eigenvalue weighted by Crippen LogP contribution is 2.23. The maximum Gasteiger partial charge on any atom is 0.127 e. The molecule has 0 radical (unpaired) electrons. The average Bonchev–Trinajstić information content (AvgIpc) is 2.56. The van der Waals surface area contributed by atoms with Crippen LogP contribution in [0.25, 0.3) is 0 Å². The minimum atomic E-state index is 0.305. The molecule has 0 saturated carbocycles. The number of para-hydroxylation sites is 2. The number of hydrogen-bond acceptors (Lipinski definition) is 3. The lowest BCUT2D eigenvalue weighted by atomic mass is 10.2. The number of ether oxygens (including phenoxy) is 1. The molecule has 0 fully saturated rings. The first-order valence-electron chi connectivity index (χ1n) is 7.15. The van der Waals surface area contributed by atoms with Crippen molar-refractivity contribution in [3.8, 4) is 17.2 Å². The molecule has 0 bridgehead atoms. The highest BCUT2D eigenvalue weighted by molar-refractivity contribution is 5.48. The van der Waals surface area contributed by atoms with Gasteiger partial charge >= 0.3 is 0 Å². The first-order chi connectivity index (χ1) is 10.8. The van der Waals surface area contributed by atoms with Crippen LogP contribution < -0.4 is 10.1 Å². The first-order valence-corrected chi connectivity index (χ1v) is 7.15. The van der Waals surface area contributed by atoms with Crippen molar-refractivity contribution >= 4 is 5.69 Å². The Morgan fingerprint density at radius 2 is 1.36 bits per heavy atom. The molecule has 110 valence electrons. The molecular formula is C19H17NO2. The third kappa shape index (κ3) is 3.58. The number of hydrogen-bond donors (Lipinski definition) is 2. The molecule has 3 rings (SSSR count). The van der Waals surface area contributed by atoms with Crippen LogP contribution in [-0.4, -0.2) is 5.11 Å². The van der Waals surface area contributed by atoms with Crippen molar-refractivity contribution in [3.05, 3.63) is 84.4 Å². The van der Waals surface area contributed by atoms with Gasteiger partial charge in [-0.1, -0.05) is 36.4 Å². The predicted octanol–water partition coefficient (Wildman–Crippen LogP) is 4.80. The summed E-state index contributed by atoms with van der Waals surface area (Å²) in [5.41, 5.74) is 1.84. The zero-order chi connectivity index (χ0) is 15.2. The summed E-state index contributed by atoms with van der Waals surface area (Å²) in [7, 11) is 0. The monoisotopic (exact) mass is 291 g/mol. The lowest BCUT2D eigenvalue weighted by Crippen LogP contribution is -1.99. The average molecular weight is 291 g/mol. The highest BCUT2D eigenvalue weighted by atomic mass is 16.5. The lowest BCUT2D eigenvalue weighted by Gasteiger charge is -2.09. The van der Waals surface area contributed by atoms with Crippen molar-refractivity contribution in [2.45, 2.75) is 6.54 Å². The van der Waals surface area contributed by atoms with E-state index in [9.17, 15) is 5.11 Å². The Hall–Kier alpha value is -2.94. The zero-order valence-corrected chi connectivity index (χ0v) is 12.1. The summed E-state index contributed by atoms with van der Waals surface area (Å²) < 4.78 is 5.75. The lowest BCUT2D eigenvalue weighted by molar-refractivity contribution is 0.469. The topological polar surface area (TPSA) is 41.5 Å². The van der Waals surface area contributed by atoms with E-state index >= 15 is 0 Å². The van der Waals surface area contributed by atoms with E-state index in [0.717, 1.165) is 22.7 Å². The fraction of sp³-hybridized carbons (Fsp3) is 0.0526. The second-order valence-corrected chi connectivity index (χ2v) is 4.92. The van der Waals surface area contributed by atoms with Crippen LogP contribution in [0.15, 0.2) is 78.9 Å². The third-order valence-electron chi connectivity index (χ3n) is 3.31. The summed E-state index contributed by atoms with van der Waals surface area (Å²) in [6, 6.07) is 24.7. The number of benzene rings is 3. The summed E-state index contributed by atoms with van der Waals surface area (Å²) in [5.74, 6) is 1.91. The molecule has 3 aromatic carbocycles. The molecule has 0 heterocycles. The first kappa shape index (κ1) is 14.0. The van der Waals surface area contributed by atoms with Crippen molar-refractivity contribution in [1.29, 1.82) is 0 Å². The second kappa shape index (κ2) is 6.68. The molecular weight excluding hydrogens is 274 g/mol. The largest absolute Gasteiger partial charge is 0.508 e. The van der Waals surface area contributed by atoms with E-state index in [4.69, 9.17) is 4.74 Å². The van der Waals surface area contributed by atoms with Crippen molar-refractivity contribution < 1.29 is 9.84 Å². The van der Waals surface area contributed by atoms with Gasteiger partial charge in [0, 0.05) is 17.8 Å². The molecule has 3 nitrogen and oxygen atoms in total. The Labute approximate surface area is 129 Å². The van der Waals surface area contributed by atoms with Gasteiger partial charge in [0.05, 0.1) is 0 Å². The van der Waals surface area contributed by atoms with Crippen LogP contribution >= 0.6 is 0 Å². The van der Waals surface area contributed by atoms with E-state index in [-0.39, 0.29) is 0 Å². The maximum atomic E-state index is 9.74. The number of phenolic OH excluding ortho intramolecular Hbond substituents is 1. The zero-order valence-electron chi connectivity index (χ0n) is 12.1. The van der Waals surface area contributed by atoms with Crippen LogP contribution in [0.3, 0.4) is 0 Å². The van der Waals surface area contributed by atoms with Gasteiger partial charge in [-0.2, -0.15) is 0 Å². The third-order valence-corrected chi connectivity index (χ3v) is 3.31.